The molecule has 1 aliphatic rings. The second kappa shape index (κ2) is 9.41. The Balaban J connectivity index is 1.78. The van der Waals surface area contributed by atoms with E-state index < -0.39 is 6.35 Å². The number of nitrogens with zero attached hydrogens (tertiary/aromatic N) is 3. The van der Waals surface area contributed by atoms with Gasteiger partial charge in [0.15, 0.2) is 0 Å². The van der Waals surface area contributed by atoms with E-state index in [4.69, 9.17) is 19.2 Å². The molecule has 1 aliphatic heterocycles. The molecule has 4 rings (SSSR count). The van der Waals surface area contributed by atoms with Crippen LogP contribution in [0.15, 0.2) is 53.7 Å². The van der Waals surface area contributed by atoms with Crippen molar-refractivity contribution < 1.29 is 14.2 Å². The van der Waals surface area contributed by atoms with E-state index in [1.807, 2.05) is 48.7 Å². The van der Waals surface area contributed by atoms with Gasteiger partial charge in [0.1, 0.15) is 11.5 Å². The summed E-state index contributed by atoms with van der Waals surface area (Å²) < 4.78 is 18.0. The minimum atomic E-state index is -0.494. The predicted molar refractivity (Wildman–Crippen MR) is 124 cm³/mol. The van der Waals surface area contributed by atoms with Gasteiger partial charge in [0.25, 0.3) is 0 Å². The van der Waals surface area contributed by atoms with Crippen LogP contribution in [0.2, 0.25) is 0 Å². The zero-order valence-corrected chi connectivity index (χ0v) is 18.6. The van der Waals surface area contributed by atoms with E-state index in [1.165, 1.54) is 0 Å². The smallest absolute Gasteiger partial charge is 0.245 e. The van der Waals surface area contributed by atoms with E-state index in [0.717, 1.165) is 53.2 Å². The molecular weight excluding hydrogens is 392 g/mol. The molecule has 1 unspecified atom stereocenters. The molecule has 1 atom stereocenters. The fourth-order valence-corrected chi connectivity index (χ4v) is 3.80. The molecule has 0 aliphatic carbocycles. The number of H-pyrrole nitrogens is 1. The van der Waals surface area contributed by atoms with E-state index in [9.17, 15) is 0 Å². The molecule has 0 bridgehead atoms. The highest BCUT2D eigenvalue weighted by Crippen LogP contribution is 2.34. The van der Waals surface area contributed by atoms with Crippen LogP contribution in [0.3, 0.4) is 0 Å². The molecule has 31 heavy (non-hydrogen) atoms. The molecular formula is C24H30N4O3. The molecule has 0 amide bonds. The molecule has 0 saturated heterocycles. The molecule has 0 saturated carbocycles. The summed E-state index contributed by atoms with van der Waals surface area (Å²) in [6, 6.07) is 14.0. The molecule has 0 fully saturated rings. The summed E-state index contributed by atoms with van der Waals surface area (Å²) in [6.07, 6.45) is 2.34. The third kappa shape index (κ3) is 4.24. The van der Waals surface area contributed by atoms with E-state index in [1.54, 1.807) is 7.11 Å². The van der Waals surface area contributed by atoms with Crippen molar-refractivity contribution in [3.8, 4) is 11.5 Å². The number of aromatic nitrogens is 1. The van der Waals surface area contributed by atoms with Gasteiger partial charge in [-0.15, -0.1) is 0 Å². The van der Waals surface area contributed by atoms with Crippen molar-refractivity contribution in [2.24, 2.45) is 4.99 Å². The normalized spacial score (nSPS) is 15.8. The first kappa shape index (κ1) is 21.2. The SMILES string of the molecule is CCCOC1N=C(Oc2ccc3[nH]ccc3c2)c2cc(OC)ccc2N1N(CC)CC. The monoisotopic (exact) mass is 422 g/mol. The molecule has 0 spiro atoms. The average Bonchev–Trinajstić information content (AvgIpc) is 3.27. The number of ether oxygens (including phenoxy) is 3. The van der Waals surface area contributed by atoms with Gasteiger partial charge in [0.05, 0.1) is 25.0 Å². The van der Waals surface area contributed by atoms with Gasteiger partial charge in [-0.2, -0.15) is 4.99 Å². The van der Waals surface area contributed by atoms with Crippen molar-refractivity contribution in [3.63, 3.8) is 0 Å². The van der Waals surface area contributed by atoms with Crippen LogP contribution in [-0.2, 0) is 4.74 Å². The summed E-state index contributed by atoms with van der Waals surface area (Å²) in [6.45, 7) is 8.64. The van der Waals surface area contributed by atoms with Crippen molar-refractivity contribution in [2.75, 3.05) is 31.8 Å². The summed E-state index contributed by atoms with van der Waals surface area (Å²) in [7, 11) is 1.66. The molecule has 2 aromatic carbocycles. The fraction of sp³-hybridized carbons (Fsp3) is 0.375. The van der Waals surface area contributed by atoms with E-state index in [2.05, 4.69) is 35.8 Å². The first-order valence-electron chi connectivity index (χ1n) is 10.8. The average molecular weight is 423 g/mol. The Hall–Kier alpha value is -3.03. The van der Waals surface area contributed by atoms with E-state index >= 15 is 0 Å². The van der Waals surface area contributed by atoms with Crippen LogP contribution in [0, 0.1) is 0 Å². The van der Waals surface area contributed by atoms with Crippen LogP contribution in [-0.4, -0.2) is 49.0 Å². The number of hydrogen-bond donors (Lipinski definition) is 1. The van der Waals surface area contributed by atoms with Crippen LogP contribution < -0.4 is 14.5 Å². The summed E-state index contributed by atoms with van der Waals surface area (Å²) in [5.74, 6) is 2.00. The molecule has 7 nitrogen and oxygen atoms in total. The minimum Gasteiger partial charge on any atom is -0.497 e. The number of hydrazine groups is 1. The number of hydrogen-bond acceptors (Lipinski definition) is 6. The van der Waals surface area contributed by atoms with Crippen molar-refractivity contribution in [1.29, 1.82) is 0 Å². The van der Waals surface area contributed by atoms with Gasteiger partial charge in [-0.25, -0.2) is 5.01 Å². The highest BCUT2D eigenvalue weighted by Gasteiger charge is 2.33. The number of fused-ring (bicyclic) bond motifs is 2. The highest BCUT2D eigenvalue weighted by molar-refractivity contribution is 6.03. The van der Waals surface area contributed by atoms with Gasteiger partial charge in [0.2, 0.25) is 12.2 Å². The number of aliphatic imine (C=N–C) groups is 1. The molecule has 7 heteroatoms. The summed E-state index contributed by atoms with van der Waals surface area (Å²) in [5, 5.41) is 5.42. The Morgan fingerprint density at radius 2 is 1.84 bits per heavy atom. The minimum absolute atomic E-state index is 0.494. The quantitative estimate of drug-likeness (QED) is 0.566. The lowest BCUT2D eigenvalue weighted by atomic mass is 10.1. The number of aromatic amines is 1. The molecule has 2 heterocycles. The number of benzene rings is 2. The lowest BCUT2D eigenvalue weighted by Gasteiger charge is -2.42. The van der Waals surface area contributed by atoms with Gasteiger partial charge in [-0.1, -0.05) is 20.8 Å². The third-order valence-electron chi connectivity index (χ3n) is 5.36. The van der Waals surface area contributed by atoms with Gasteiger partial charge < -0.3 is 19.2 Å². The van der Waals surface area contributed by atoms with Gasteiger partial charge >= 0.3 is 0 Å². The second-order valence-corrected chi connectivity index (χ2v) is 7.33. The first-order valence-corrected chi connectivity index (χ1v) is 10.8. The van der Waals surface area contributed by atoms with Crippen LogP contribution >= 0.6 is 0 Å². The molecule has 164 valence electrons. The lowest BCUT2D eigenvalue weighted by molar-refractivity contribution is 0.0167. The third-order valence-corrected chi connectivity index (χ3v) is 5.36. The molecule has 1 aromatic heterocycles. The topological polar surface area (TPSA) is 62.3 Å². The van der Waals surface area contributed by atoms with Gasteiger partial charge in [-0.3, -0.25) is 5.01 Å². The van der Waals surface area contributed by atoms with Crippen LogP contribution in [0.4, 0.5) is 5.69 Å². The first-order chi connectivity index (χ1) is 15.2. The van der Waals surface area contributed by atoms with Gasteiger partial charge in [0, 0.05) is 30.2 Å². The highest BCUT2D eigenvalue weighted by atomic mass is 16.5. The van der Waals surface area contributed by atoms with Crippen LogP contribution in [0.5, 0.6) is 11.5 Å². The number of rotatable bonds is 8. The summed E-state index contributed by atoms with van der Waals surface area (Å²) in [4.78, 5) is 8.10. The Morgan fingerprint density at radius 3 is 2.58 bits per heavy atom. The predicted octanol–water partition coefficient (Wildman–Crippen LogP) is 4.79. The maximum atomic E-state index is 6.32. The molecule has 0 radical (unpaired) electrons. The largest absolute Gasteiger partial charge is 0.497 e. The summed E-state index contributed by atoms with van der Waals surface area (Å²) in [5.41, 5.74) is 2.92. The Bertz CT molecular complexity index is 1060. The zero-order valence-electron chi connectivity index (χ0n) is 18.6. The van der Waals surface area contributed by atoms with Crippen LogP contribution in [0.1, 0.15) is 32.8 Å². The van der Waals surface area contributed by atoms with E-state index in [0.29, 0.717) is 12.5 Å². The van der Waals surface area contributed by atoms with Crippen molar-refractivity contribution >= 4 is 22.5 Å². The number of anilines is 1. The maximum Gasteiger partial charge on any atom is 0.245 e. The van der Waals surface area contributed by atoms with Crippen molar-refractivity contribution in [1.82, 2.24) is 9.99 Å². The Kier molecular flexibility index (Phi) is 6.44. The van der Waals surface area contributed by atoms with E-state index in [-0.39, 0.29) is 0 Å². The number of nitrogens with one attached hydrogen (secondary N) is 1. The summed E-state index contributed by atoms with van der Waals surface area (Å²) >= 11 is 0. The Morgan fingerprint density at radius 1 is 1.03 bits per heavy atom. The zero-order chi connectivity index (χ0) is 21.8. The van der Waals surface area contributed by atoms with Crippen LogP contribution in [0.25, 0.3) is 10.9 Å². The second-order valence-electron chi connectivity index (χ2n) is 7.33. The number of methoxy groups -OCH3 is 1. The molecule has 3 aromatic rings. The Labute approximate surface area is 183 Å². The fourth-order valence-electron chi connectivity index (χ4n) is 3.80. The van der Waals surface area contributed by atoms with Gasteiger partial charge in [-0.05, 0) is 48.9 Å². The maximum absolute atomic E-state index is 6.32. The van der Waals surface area contributed by atoms with Crippen molar-refractivity contribution in [3.05, 3.63) is 54.2 Å². The molecule has 1 N–H and O–H groups in total. The standard InChI is InChI=1S/C24H30N4O3/c1-5-14-30-24-26-23(31-19-8-10-21-17(15-19)12-13-25-21)20-16-18(29-4)9-11-22(20)28(24)27(6-2)7-3/h8-13,15-16,24-25H,5-7,14H2,1-4H3. The lowest BCUT2D eigenvalue weighted by Crippen LogP contribution is -2.52. The van der Waals surface area contributed by atoms with Crippen molar-refractivity contribution in [2.45, 2.75) is 33.5 Å².